The molecule has 0 spiro atoms. The van der Waals surface area contributed by atoms with E-state index >= 15 is 0 Å². The van der Waals surface area contributed by atoms with E-state index in [1.54, 1.807) is 0 Å². The molecule has 1 heterocycles. The minimum Gasteiger partial charge on any atom is -0.465 e. The average molecular weight is 449 g/mol. The van der Waals surface area contributed by atoms with Crippen molar-refractivity contribution in [2.45, 2.75) is 45.2 Å². The Morgan fingerprint density at radius 3 is 2.52 bits per heavy atom. The van der Waals surface area contributed by atoms with Gasteiger partial charge in [0.05, 0.1) is 16.3 Å². The van der Waals surface area contributed by atoms with Crippen molar-refractivity contribution < 1.29 is 19.5 Å². The van der Waals surface area contributed by atoms with Gasteiger partial charge in [-0.25, -0.2) is 9.78 Å². The van der Waals surface area contributed by atoms with E-state index in [-0.39, 0.29) is 29.1 Å². The molecule has 2 amide bonds. The average Bonchev–Trinajstić information content (AvgIpc) is 3.12. The lowest BCUT2D eigenvalue weighted by atomic mass is 10.0. The van der Waals surface area contributed by atoms with Gasteiger partial charge < -0.3 is 26.8 Å². The Labute approximate surface area is 184 Å². The second-order valence-corrected chi connectivity index (χ2v) is 8.56. The van der Waals surface area contributed by atoms with Crippen molar-refractivity contribution in [3.05, 3.63) is 29.3 Å². The maximum atomic E-state index is 13.2. The van der Waals surface area contributed by atoms with Gasteiger partial charge in [-0.3, -0.25) is 15.0 Å². The Hall–Kier alpha value is -3.21. The lowest BCUT2D eigenvalue weighted by Gasteiger charge is -2.22. The van der Waals surface area contributed by atoms with Gasteiger partial charge in [-0.2, -0.15) is 0 Å². The minimum atomic E-state index is -1.31. The number of carbonyl (C=O) groups is 3. The molecule has 2 aromatic rings. The van der Waals surface area contributed by atoms with Gasteiger partial charge in [0.25, 0.3) is 0 Å². The monoisotopic (exact) mass is 448 g/mol. The van der Waals surface area contributed by atoms with Gasteiger partial charge in [-0.05, 0) is 37.3 Å². The van der Waals surface area contributed by atoms with E-state index in [9.17, 15) is 14.4 Å². The number of nitrogens with zero attached hydrogens (tertiary/aromatic N) is 1. The number of benzene rings is 1. The SMILES string of the molecule is CC(C)C[C@H](NC(=O)O)C(=O)N[C@@H](CCCNC(=N)N)C(=O)c1nc2ccccc2s1. The molecule has 0 fully saturated rings. The lowest BCUT2D eigenvalue weighted by Crippen LogP contribution is -2.52. The highest BCUT2D eigenvalue weighted by molar-refractivity contribution is 7.20. The van der Waals surface area contributed by atoms with E-state index in [4.69, 9.17) is 16.2 Å². The van der Waals surface area contributed by atoms with Crippen LogP contribution in [0.3, 0.4) is 0 Å². The summed E-state index contributed by atoms with van der Waals surface area (Å²) in [5.41, 5.74) is 5.98. The zero-order valence-electron chi connectivity index (χ0n) is 17.5. The second kappa shape index (κ2) is 11.3. The Bertz CT molecular complexity index is 912. The molecule has 0 aliphatic carbocycles. The number of amides is 2. The highest BCUT2D eigenvalue weighted by Crippen LogP contribution is 2.23. The van der Waals surface area contributed by atoms with Crippen molar-refractivity contribution in [3.8, 4) is 0 Å². The molecule has 1 aromatic heterocycles. The molecule has 0 aliphatic heterocycles. The third-order valence-electron chi connectivity index (χ3n) is 4.44. The minimum absolute atomic E-state index is 0.0702. The van der Waals surface area contributed by atoms with Crippen LogP contribution in [0.4, 0.5) is 4.79 Å². The molecule has 7 N–H and O–H groups in total. The number of fused-ring (bicyclic) bond motifs is 1. The van der Waals surface area contributed by atoms with E-state index in [1.807, 2.05) is 38.1 Å². The van der Waals surface area contributed by atoms with Crippen LogP contribution in [0.1, 0.15) is 42.9 Å². The summed E-state index contributed by atoms with van der Waals surface area (Å²) in [6.07, 6.45) is -0.267. The number of hydrogen-bond acceptors (Lipinski definition) is 6. The first kappa shape index (κ1) is 24.1. The van der Waals surface area contributed by atoms with E-state index in [0.717, 1.165) is 4.70 Å². The summed E-state index contributed by atoms with van der Waals surface area (Å²) in [6, 6.07) is 5.50. The van der Waals surface area contributed by atoms with Crippen LogP contribution < -0.4 is 21.7 Å². The largest absolute Gasteiger partial charge is 0.465 e. The number of hydrogen-bond donors (Lipinski definition) is 6. The number of nitrogens with one attached hydrogen (secondary N) is 4. The molecule has 0 radical (unpaired) electrons. The standard InChI is InChI=1S/C20H28N6O4S/c1-11(2)10-14(26-20(29)30)17(28)24-13(7-5-9-23-19(21)22)16(27)18-25-12-6-3-4-8-15(12)31-18/h3-4,6,8,11,13-14,26H,5,7,9-10H2,1-2H3,(H,24,28)(H,29,30)(H4,21,22,23)/t13-,14-/m0/s1. The molecular formula is C20H28N6O4S. The van der Waals surface area contributed by atoms with Gasteiger partial charge in [0.2, 0.25) is 11.7 Å². The van der Waals surface area contributed by atoms with Crippen molar-refractivity contribution in [2.24, 2.45) is 11.7 Å². The fraction of sp³-hybridized carbons (Fsp3) is 0.450. The molecular weight excluding hydrogens is 420 g/mol. The first-order valence-corrected chi connectivity index (χ1v) is 10.8. The van der Waals surface area contributed by atoms with Crippen molar-refractivity contribution in [2.75, 3.05) is 6.54 Å². The summed E-state index contributed by atoms with van der Waals surface area (Å²) in [7, 11) is 0. The zero-order chi connectivity index (χ0) is 23.0. The fourth-order valence-corrected chi connectivity index (χ4v) is 4.01. The normalized spacial score (nSPS) is 12.9. The molecule has 2 atom stereocenters. The number of carboxylic acid groups (broad SMARTS) is 1. The summed E-state index contributed by atoms with van der Waals surface area (Å²) in [6.45, 7) is 4.11. The second-order valence-electron chi connectivity index (χ2n) is 7.53. The molecule has 0 saturated carbocycles. The van der Waals surface area contributed by atoms with E-state index in [1.165, 1.54) is 11.3 Å². The van der Waals surface area contributed by atoms with Crippen molar-refractivity contribution in [3.63, 3.8) is 0 Å². The Balaban J connectivity index is 2.19. The number of para-hydroxylation sites is 1. The van der Waals surface area contributed by atoms with Crippen LogP contribution in [0, 0.1) is 11.3 Å². The van der Waals surface area contributed by atoms with Gasteiger partial charge in [0.15, 0.2) is 11.0 Å². The molecule has 31 heavy (non-hydrogen) atoms. The third kappa shape index (κ3) is 7.52. The number of rotatable bonds is 11. The topological polar surface area (TPSA) is 170 Å². The van der Waals surface area contributed by atoms with Crippen LogP contribution in [0.2, 0.25) is 0 Å². The van der Waals surface area contributed by atoms with Crippen LogP contribution >= 0.6 is 11.3 Å². The van der Waals surface area contributed by atoms with E-state index in [0.29, 0.717) is 24.9 Å². The van der Waals surface area contributed by atoms with Crippen molar-refractivity contribution in [1.82, 2.24) is 20.9 Å². The molecule has 0 saturated heterocycles. The molecule has 2 rings (SSSR count). The smallest absolute Gasteiger partial charge is 0.405 e. The van der Waals surface area contributed by atoms with Crippen LogP contribution in [-0.2, 0) is 4.79 Å². The summed E-state index contributed by atoms with van der Waals surface area (Å²) in [5.74, 6) is -1.01. The quantitative estimate of drug-likeness (QED) is 0.132. The first-order valence-electron chi connectivity index (χ1n) is 9.95. The van der Waals surface area contributed by atoms with Gasteiger partial charge >= 0.3 is 6.09 Å². The number of Topliss-reactive ketones (excluding diaryl/α,β-unsaturated/α-hetero) is 1. The Morgan fingerprint density at radius 1 is 1.19 bits per heavy atom. The van der Waals surface area contributed by atoms with E-state index < -0.39 is 24.1 Å². The number of aromatic nitrogens is 1. The molecule has 1 aromatic carbocycles. The summed E-state index contributed by atoms with van der Waals surface area (Å²) < 4.78 is 0.861. The van der Waals surface area contributed by atoms with E-state index in [2.05, 4.69) is 20.9 Å². The Kier molecular flexibility index (Phi) is 8.74. The van der Waals surface area contributed by atoms with Gasteiger partial charge in [0, 0.05) is 6.54 Å². The highest BCUT2D eigenvalue weighted by atomic mass is 32.1. The predicted octanol–water partition coefficient (Wildman–Crippen LogP) is 1.91. The number of ketones is 1. The lowest BCUT2D eigenvalue weighted by molar-refractivity contribution is -0.123. The zero-order valence-corrected chi connectivity index (χ0v) is 18.3. The molecule has 0 unspecified atom stereocenters. The third-order valence-corrected chi connectivity index (χ3v) is 5.49. The summed E-state index contributed by atoms with van der Waals surface area (Å²) >= 11 is 1.24. The van der Waals surface area contributed by atoms with Gasteiger partial charge in [0.1, 0.15) is 6.04 Å². The maximum absolute atomic E-state index is 13.2. The van der Waals surface area contributed by atoms with Crippen LogP contribution in [0.25, 0.3) is 10.2 Å². The fourth-order valence-electron chi connectivity index (χ4n) is 3.05. The molecule has 168 valence electrons. The highest BCUT2D eigenvalue weighted by Gasteiger charge is 2.29. The van der Waals surface area contributed by atoms with Crippen molar-refractivity contribution in [1.29, 1.82) is 5.41 Å². The number of thiazole rings is 1. The number of guanidine groups is 1. The first-order chi connectivity index (χ1) is 14.7. The predicted molar refractivity (Wildman–Crippen MR) is 119 cm³/mol. The van der Waals surface area contributed by atoms with Gasteiger partial charge in [-0.1, -0.05) is 26.0 Å². The van der Waals surface area contributed by atoms with Gasteiger partial charge in [-0.15, -0.1) is 11.3 Å². The number of carbonyl (C=O) groups excluding carboxylic acids is 2. The molecule has 11 heteroatoms. The molecule has 0 aliphatic rings. The molecule has 0 bridgehead atoms. The van der Waals surface area contributed by atoms with Crippen LogP contribution in [0.5, 0.6) is 0 Å². The number of nitrogens with two attached hydrogens (primary N) is 1. The maximum Gasteiger partial charge on any atom is 0.405 e. The van der Waals surface area contributed by atoms with Crippen LogP contribution in [-0.4, -0.2) is 52.5 Å². The summed E-state index contributed by atoms with van der Waals surface area (Å²) in [4.78, 5) is 41.4. The summed E-state index contributed by atoms with van der Waals surface area (Å²) in [5, 5.41) is 24.1. The van der Waals surface area contributed by atoms with Crippen molar-refractivity contribution >= 4 is 45.3 Å². The van der Waals surface area contributed by atoms with Crippen LogP contribution in [0.15, 0.2) is 24.3 Å². The molecule has 10 nitrogen and oxygen atoms in total. The Morgan fingerprint density at radius 2 is 1.90 bits per heavy atom.